The largest absolute Gasteiger partial charge is 0.446 e. The lowest BCUT2D eigenvalue weighted by Gasteiger charge is -2.40. The summed E-state index contributed by atoms with van der Waals surface area (Å²) in [7, 11) is 0. The number of hydroxylamine groups is 1. The van der Waals surface area contributed by atoms with E-state index in [0.29, 0.717) is 51.9 Å². The SMILES string of the molecule is O=C(N[C@@H]1CCC[C@H]1O)O[C@@H]1CC[C@H](C(=O)N2CCN(c3ccccc3)CC2)[C@@H](C(=O)NO)C1. The molecule has 0 radical (unpaired) electrons. The van der Waals surface area contributed by atoms with Crippen LogP contribution in [0.15, 0.2) is 30.3 Å². The number of ether oxygens (including phenoxy) is 1. The molecule has 186 valence electrons. The van der Waals surface area contributed by atoms with Gasteiger partial charge in [-0.3, -0.25) is 14.8 Å². The number of carbonyl (C=O) groups excluding carboxylic acids is 3. The first-order valence-corrected chi connectivity index (χ1v) is 12.1. The molecule has 1 aromatic rings. The molecule has 2 aliphatic carbocycles. The highest BCUT2D eigenvalue weighted by molar-refractivity contribution is 5.87. The Morgan fingerprint density at radius 2 is 1.68 bits per heavy atom. The van der Waals surface area contributed by atoms with Gasteiger partial charge in [-0.15, -0.1) is 0 Å². The Hall–Kier alpha value is -2.85. The van der Waals surface area contributed by atoms with Crippen LogP contribution >= 0.6 is 0 Å². The Balaban J connectivity index is 1.32. The molecule has 10 nitrogen and oxygen atoms in total. The van der Waals surface area contributed by atoms with E-state index in [9.17, 15) is 24.7 Å². The van der Waals surface area contributed by atoms with Crippen molar-refractivity contribution in [2.75, 3.05) is 31.1 Å². The second-order valence-electron chi connectivity index (χ2n) is 9.43. The van der Waals surface area contributed by atoms with Crippen molar-refractivity contribution in [2.45, 2.75) is 56.8 Å². The zero-order valence-electron chi connectivity index (χ0n) is 19.3. The molecule has 1 aromatic carbocycles. The molecule has 0 bridgehead atoms. The van der Waals surface area contributed by atoms with Crippen molar-refractivity contribution in [1.29, 1.82) is 0 Å². The van der Waals surface area contributed by atoms with Gasteiger partial charge in [0.1, 0.15) is 6.10 Å². The number of benzene rings is 1. The summed E-state index contributed by atoms with van der Waals surface area (Å²) in [5.41, 5.74) is 2.80. The summed E-state index contributed by atoms with van der Waals surface area (Å²) >= 11 is 0. The monoisotopic (exact) mass is 474 g/mol. The minimum absolute atomic E-state index is 0.0988. The predicted molar refractivity (Wildman–Crippen MR) is 123 cm³/mol. The van der Waals surface area contributed by atoms with Gasteiger partial charge in [-0.05, 0) is 50.7 Å². The van der Waals surface area contributed by atoms with Gasteiger partial charge in [0.05, 0.1) is 24.0 Å². The van der Waals surface area contributed by atoms with Crippen LogP contribution < -0.4 is 15.7 Å². The Kier molecular flexibility index (Phi) is 7.89. The first-order chi connectivity index (χ1) is 16.5. The van der Waals surface area contributed by atoms with Crippen molar-refractivity contribution in [2.24, 2.45) is 11.8 Å². The number of hydrogen-bond donors (Lipinski definition) is 4. The highest BCUT2D eigenvalue weighted by Crippen LogP contribution is 2.34. The van der Waals surface area contributed by atoms with Crippen molar-refractivity contribution < 1.29 is 29.4 Å². The molecule has 0 aromatic heterocycles. The van der Waals surface area contributed by atoms with Gasteiger partial charge >= 0.3 is 6.09 Å². The minimum Gasteiger partial charge on any atom is -0.446 e. The molecular weight excluding hydrogens is 440 g/mol. The number of carbonyl (C=O) groups is 3. The summed E-state index contributed by atoms with van der Waals surface area (Å²) in [6.45, 7) is 2.53. The molecular formula is C24H34N4O6. The van der Waals surface area contributed by atoms with Gasteiger partial charge in [-0.2, -0.15) is 0 Å². The van der Waals surface area contributed by atoms with Gasteiger partial charge in [0.25, 0.3) is 0 Å². The molecule has 10 heteroatoms. The van der Waals surface area contributed by atoms with Gasteiger partial charge in [0.15, 0.2) is 0 Å². The quantitative estimate of drug-likeness (QED) is 0.373. The lowest BCUT2D eigenvalue weighted by atomic mass is 9.76. The maximum atomic E-state index is 13.3. The molecule has 5 atom stereocenters. The standard InChI is InChI=1S/C24H34N4O6/c29-21-8-4-7-20(21)25-24(32)34-17-9-10-18(19(15-17)22(30)26-33)23(31)28-13-11-27(12-14-28)16-5-2-1-3-6-16/h1-3,5-6,17-21,29,33H,4,7-15H2,(H,25,32)(H,26,30)/t17-,18+,19+,20-,21-/m1/s1. The number of aliphatic hydroxyl groups excluding tert-OH is 1. The number of anilines is 1. The molecule has 3 fully saturated rings. The number of alkyl carbamates (subject to hydrolysis) is 1. The van der Waals surface area contributed by atoms with E-state index in [4.69, 9.17) is 4.74 Å². The van der Waals surface area contributed by atoms with Crippen LogP contribution in [0.4, 0.5) is 10.5 Å². The molecule has 1 saturated heterocycles. The molecule has 1 aliphatic heterocycles. The molecule has 0 spiro atoms. The molecule has 34 heavy (non-hydrogen) atoms. The molecule has 4 N–H and O–H groups in total. The van der Waals surface area contributed by atoms with Crippen LogP contribution in [0, 0.1) is 11.8 Å². The molecule has 4 rings (SSSR count). The van der Waals surface area contributed by atoms with Crippen molar-refractivity contribution in [3.05, 3.63) is 30.3 Å². The second kappa shape index (κ2) is 11.1. The van der Waals surface area contributed by atoms with Crippen LogP contribution in [0.5, 0.6) is 0 Å². The van der Waals surface area contributed by atoms with Gasteiger partial charge < -0.3 is 25.0 Å². The highest BCUT2D eigenvalue weighted by Gasteiger charge is 2.42. The fourth-order valence-corrected chi connectivity index (χ4v) is 5.41. The Bertz CT molecular complexity index is 860. The maximum absolute atomic E-state index is 13.3. The van der Waals surface area contributed by atoms with Crippen molar-refractivity contribution in [3.8, 4) is 0 Å². The second-order valence-corrected chi connectivity index (χ2v) is 9.43. The highest BCUT2D eigenvalue weighted by atomic mass is 16.6. The number of hydrogen-bond acceptors (Lipinski definition) is 7. The number of nitrogens with zero attached hydrogens (tertiary/aromatic N) is 2. The van der Waals surface area contributed by atoms with Crippen LogP contribution in [0.3, 0.4) is 0 Å². The number of para-hydroxylation sites is 1. The smallest absolute Gasteiger partial charge is 0.407 e. The van der Waals surface area contributed by atoms with Crippen molar-refractivity contribution in [1.82, 2.24) is 15.7 Å². The van der Waals surface area contributed by atoms with E-state index < -0.39 is 36.0 Å². The normalized spacial score (nSPS) is 29.4. The van der Waals surface area contributed by atoms with Crippen LogP contribution in [0.25, 0.3) is 0 Å². The van der Waals surface area contributed by atoms with Gasteiger partial charge in [0.2, 0.25) is 11.8 Å². The van der Waals surface area contributed by atoms with E-state index in [2.05, 4.69) is 10.2 Å². The fraction of sp³-hybridized carbons (Fsp3) is 0.625. The zero-order valence-corrected chi connectivity index (χ0v) is 19.3. The van der Waals surface area contributed by atoms with E-state index in [1.807, 2.05) is 30.3 Å². The Morgan fingerprint density at radius 3 is 2.32 bits per heavy atom. The molecule has 2 saturated carbocycles. The van der Waals surface area contributed by atoms with Gasteiger partial charge in [-0.25, -0.2) is 10.3 Å². The Morgan fingerprint density at radius 1 is 0.941 bits per heavy atom. The first kappa shape index (κ1) is 24.3. The summed E-state index contributed by atoms with van der Waals surface area (Å²) in [5.74, 6) is -2.09. The third-order valence-electron chi connectivity index (χ3n) is 7.34. The van der Waals surface area contributed by atoms with Crippen LogP contribution in [0.2, 0.25) is 0 Å². The van der Waals surface area contributed by atoms with E-state index in [-0.39, 0.29) is 18.4 Å². The van der Waals surface area contributed by atoms with E-state index in [1.54, 1.807) is 10.4 Å². The van der Waals surface area contributed by atoms with Gasteiger partial charge in [0, 0.05) is 31.9 Å². The number of piperazine rings is 1. The summed E-state index contributed by atoms with van der Waals surface area (Å²) in [4.78, 5) is 42.1. The molecule has 3 aliphatic rings. The average Bonchev–Trinajstić information content (AvgIpc) is 3.27. The predicted octanol–water partition coefficient (Wildman–Crippen LogP) is 1.27. The minimum atomic E-state index is -0.784. The fourth-order valence-electron chi connectivity index (χ4n) is 5.41. The number of rotatable bonds is 5. The summed E-state index contributed by atoms with van der Waals surface area (Å²) in [6.07, 6.45) is 1.46. The average molecular weight is 475 g/mol. The van der Waals surface area contributed by atoms with E-state index in [1.165, 1.54) is 0 Å². The summed E-state index contributed by atoms with van der Waals surface area (Å²) < 4.78 is 5.51. The van der Waals surface area contributed by atoms with Crippen LogP contribution in [-0.4, -0.2) is 77.6 Å². The number of nitrogens with one attached hydrogen (secondary N) is 2. The first-order valence-electron chi connectivity index (χ1n) is 12.1. The third-order valence-corrected chi connectivity index (χ3v) is 7.34. The Labute approximate surface area is 199 Å². The van der Waals surface area contributed by atoms with Crippen molar-refractivity contribution >= 4 is 23.6 Å². The maximum Gasteiger partial charge on any atom is 0.407 e. The third kappa shape index (κ3) is 5.61. The summed E-state index contributed by atoms with van der Waals surface area (Å²) in [5, 5.41) is 21.9. The molecule has 1 heterocycles. The van der Waals surface area contributed by atoms with Crippen LogP contribution in [0.1, 0.15) is 38.5 Å². The number of aliphatic hydroxyl groups is 1. The summed E-state index contributed by atoms with van der Waals surface area (Å²) in [6, 6.07) is 9.71. The van der Waals surface area contributed by atoms with Crippen LogP contribution in [-0.2, 0) is 14.3 Å². The van der Waals surface area contributed by atoms with E-state index in [0.717, 1.165) is 12.1 Å². The van der Waals surface area contributed by atoms with E-state index >= 15 is 0 Å². The van der Waals surface area contributed by atoms with Crippen molar-refractivity contribution in [3.63, 3.8) is 0 Å². The topological polar surface area (TPSA) is 131 Å². The lowest BCUT2D eigenvalue weighted by molar-refractivity contribution is -0.149. The molecule has 0 unspecified atom stereocenters. The lowest BCUT2D eigenvalue weighted by Crippen LogP contribution is -2.53. The van der Waals surface area contributed by atoms with Gasteiger partial charge in [-0.1, -0.05) is 18.2 Å². The number of amides is 3. The zero-order chi connectivity index (χ0) is 24.1. The molecule has 3 amide bonds.